The number of benzene rings is 2. The Morgan fingerprint density at radius 1 is 0.724 bits per heavy atom. The number of fused-ring (bicyclic) bond motifs is 2. The molecule has 0 fully saturated rings. The molecule has 0 unspecified atom stereocenters. The fourth-order valence-electron chi connectivity index (χ4n) is 2.38. The molecule has 0 heterocycles. The minimum Gasteiger partial charge on any atom is -0.168 e. The molecule has 0 nitrogen and oxygen atoms in total. The first-order valence-corrected chi connectivity index (χ1v) is 13.3. The number of hydrogen-bond donors (Lipinski definition) is 0. The smallest absolute Gasteiger partial charge is 0.0809 e. The van der Waals surface area contributed by atoms with Crippen LogP contribution in [0.5, 0.6) is 0 Å². The summed E-state index contributed by atoms with van der Waals surface area (Å²) < 4.78 is 0. The molecule has 0 amide bonds. The van der Waals surface area contributed by atoms with Crippen molar-refractivity contribution in [3.8, 4) is 0 Å². The van der Waals surface area contributed by atoms with E-state index in [1.54, 1.807) is 0 Å². The second kappa shape index (κ2) is 22.0. The zero-order chi connectivity index (χ0) is 20.5. The van der Waals surface area contributed by atoms with Gasteiger partial charge >= 0.3 is 30.2 Å². The summed E-state index contributed by atoms with van der Waals surface area (Å²) in [6.45, 7) is 13.2. The molecule has 4 aromatic rings. The molecule has 0 aromatic heterocycles. The van der Waals surface area contributed by atoms with Crippen LogP contribution in [0.2, 0.25) is 0 Å². The van der Waals surface area contributed by atoms with Gasteiger partial charge in [-0.1, -0.05) is 19.1 Å². The van der Waals surface area contributed by atoms with Crippen LogP contribution in [-0.4, -0.2) is 6.88 Å². The third kappa shape index (κ3) is 14.1. The number of rotatable bonds is 0. The second-order valence-electron chi connectivity index (χ2n) is 5.97. The molecule has 0 bridgehead atoms. The fraction of sp³-hybridized carbons (Fsp3) is 0.200. The van der Waals surface area contributed by atoms with Crippen LogP contribution in [0.1, 0.15) is 33.3 Å². The van der Waals surface area contributed by atoms with E-state index in [0.29, 0.717) is 0 Å². The van der Waals surface area contributed by atoms with Crippen LogP contribution in [-0.2, 0) is 23.3 Å². The summed E-state index contributed by atoms with van der Waals surface area (Å²) in [6.07, 6.45) is 4.00. The Bertz CT molecular complexity index is 787. The van der Waals surface area contributed by atoms with E-state index in [1.165, 1.54) is 50.4 Å². The van der Waals surface area contributed by atoms with Crippen molar-refractivity contribution in [2.75, 3.05) is 0 Å². The Kier molecular flexibility index (Phi) is 25.1. The van der Waals surface area contributed by atoms with E-state index in [4.69, 9.17) is 0 Å². The van der Waals surface area contributed by atoms with Crippen LogP contribution in [0, 0.1) is 19.8 Å². The molecule has 0 saturated heterocycles. The van der Waals surface area contributed by atoms with Crippen molar-refractivity contribution in [2.45, 2.75) is 34.6 Å². The molecule has 4 aromatic carbocycles. The standard InChI is InChI=1S/C10H9.C9H7.2C3H7.2ClH.Si.Zr/c1-8-6-9-4-2-3-5-10(9)7-8;1-2-5-9-7-3-6-8(9)4-1;2*1-3-2;;;;/h2-7H,1H3;1-7H;2*3H,1-2H3;2*1H;;/q4*-1;;;;. The minimum atomic E-state index is 0. The Hall–Kier alpha value is -0.660. The van der Waals surface area contributed by atoms with E-state index in [-0.39, 0.29) is 24.8 Å². The number of halogens is 2. The molecule has 4 heteroatoms. The third-order valence-electron chi connectivity index (χ3n) is 3.31. The van der Waals surface area contributed by atoms with Gasteiger partial charge in [0, 0.05) is 0 Å². The van der Waals surface area contributed by atoms with E-state index in [1.807, 2.05) is 40.5 Å². The molecule has 2 radical (unpaired) electrons. The summed E-state index contributed by atoms with van der Waals surface area (Å²) in [6, 6.07) is 27.5. The monoisotopic (exact) mass is 520 g/mol. The van der Waals surface area contributed by atoms with Crippen molar-refractivity contribution in [1.29, 1.82) is 0 Å². The van der Waals surface area contributed by atoms with E-state index >= 15 is 0 Å². The predicted molar refractivity (Wildman–Crippen MR) is 135 cm³/mol. The van der Waals surface area contributed by atoms with Gasteiger partial charge in [0.15, 0.2) is 0 Å². The Balaban J connectivity index is -0.000000330. The first-order valence-electron chi connectivity index (χ1n) is 9.11. The molecule has 0 saturated carbocycles. The number of hydrogen-bond acceptors (Lipinski definition) is 0. The van der Waals surface area contributed by atoms with Crippen LogP contribution in [0.3, 0.4) is 0 Å². The van der Waals surface area contributed by atoms with Gasteiger partial charge in [-0.2, -0.15) is 51.3 Å². The fourth-order valence-corrected chi connectivity index (χ4v) is 2.38. The largest absolute Gasteiger partial charge is 0.168 e. The van der Waals surface area contributed by atoms with Gasteiger partial charge in [0.1, 0.15) is 0 Å². The van der Waals surface area contributed by atoms with Crippen molar-refractivity contribution in [3.63, 3.8) is 0 Å². The SMILES string of the molecule is C[CH-]C.C[CH-]C.Cc1cc2ccccc2[cH-]1.Cl.Cl.[Si]=[Zr].c1ccc2[cH-]ccc2c1. The van der Waals surface area contributed by atoms with Crippen LogP contribution in [0.15, 0.2) is 78.9 Å². The normalized spacial score (nSPS) is 8.14. The Morgan fingerprint density at radius 2 is 1.17 bits per heavy atom. The average Bonchev–Trinajstić information content (AvgIpc) is 3.30. The summed E-state index contributed by atoms with van der Waals surface area (Å²) in [5.41, 5.74) is 1.35. The van der Waals surface area contributed by atoms with Crippen LogP contribution in [0.4, 0.5) is 0 Å². The van der Waals surface area contributed by atoms with Crippen molar-refractivity contribution in [1.82, 2.24) is 0 Å². The van der Waals surface area contributed by atoms with Crippen molar-refractivity contribution >= 4 is 53.2 Å². The molecule has 0 aliphatic heterocycles. The zero-order valence-corrected chi connectivity index (χ0v) is 23.1. The van der Waals surface area contributed by atoms with Gasteiger partial charge in [0.25, 0.3) is 0 Å². The van der Waals surface area contributed by atoms with E-state index in [0.717, 1.165) is 0 Å². The van der Waals surface area contributed by atoms with Crippen molar-refractivity contribution < 1.29 is 23.3 Å². The van der Waals surface area contributed by atoms with Gasteiger partial charge in [-0.15, -0.1) is 95.1 Å². The quantitative estimate of drug-likeness (QED) is 0.161. The maximum atomic E-state index is 3.06. The van der Waals surface area contributed by atoms with Gasteiger partial charge in [-0.25, -0.2) is 0 Å². The molecule has 0 spiro atoms. The summed E-state index contributed by atoms with van der Waals surface area (Å²) in [5, 5.41) is 5.36. The molecular formula is C25H32Cl2SiZr-4. The van der Waals surface area contributed by atoms with E-state index in [9.17, 15) is 0 Å². The summed E-state index contributed by atoms with van der Waals surface area (Å²) in [5.74, 6) is 0. The van der Waals surface area contributed by atoms with Crippen molar-refractivity contribution in [2.24, 2.45) is 0 Å². The van der Waals surface area contributed by atoms with Crippen molar-refractivity contribution in [3.05, 3.63) is 97.3 Å². The van der Waals surface area contributed by atoms with Crippen LogP contribution >= 0.6 is 24.8 Å². The molecular weight excluding hydrogens is 490 g/mol. The molecule has 0 aliphatic rings. The molecule has 0 atom stereocenters. The first-order chi connectivity index (χ1) is 13.2. The zero-order valence-electron chi connectivity index (χ0n) is 18.0. The van der Waals surface area contributed by atoms with Gasteiger partial charge in [-0.3, -0.25) is 0 Å². The molecule has 158 valence electrons. The Labute approximate surface area is 207 Å². The molecule has 0 aliphatic carbocycles. The number of aryl methyl sites for hydroxylation is 1. The summed E-state index contributed by atoms with van der Waals surface area (Å²) in [7, 11) is 0. The van der Waals surface area contributed by atoms with Gasteiger partial charge < -0.3 is 12.8 Å². The molecule has 0 N–H and O–H groups in total. The second-order valence-corrected chi connectivity index (χ2v) is 5.97. The van der Waals surface area contributed by atoms with Gasteiger partial charge in [0.2, 0.25) is 0 Å². The van der Waals surface area contributed by atoms with Gasteiger partial charge in [-0.05, 0) is 0 Å². The molecule has 29 heavy (non-hydrogen) atoms. The van der Waals surface area contributed by atoms with Gasteiger partial charge in [0.05, 0.1) is 0 Å². The maximum absolute atomic E-state index is 3.06. The van der Waals surface area contributed by atoms with E-state index in [2.05, 4.69) is 92.7 Å². The topological polar surface area (TPSA) is 0 Å². The Morgan fingerprint density at radius 3 is 1.66 bits per heavy atom. The predicted octanol–water partition coefficient (Wildman–Crippen LogP) is 8.35. The molecule has 4 rings (SSSR count). The van der Waals surface area contributed by atoms with Crippen LogP contribution in [0.25, 0.3) is 21.5 Å². The minimum absolute atomic E-state index is 0. The van der Waals surface area contributed by atoms with E-state index < -0.39 is 0 Å². The maximum Gasteiger partial charge on any atom is -0.0809 e. The average molecular weight is 523 g/mol. The first kappa shape index (κ1) is 33.0. The summed E-state index contributed by atoms with van der Waals surface area (Å²) >= 11 is 1.36. The van der Waals surface area contributed by atoms with Crippen LogP contribution < -0.4 is 0 Å². The third-order valence-corrected chi connectivity index (χ3v) is 3.31. The summed E-state index contributed by atoms with van der Waals surface area (Å²) in [4.78, 5) is 0.